The number of hydrogen-bond acceptors (Lipinski definition) is 0. The second-order valence-electron chi connectivity index (χ2n) is 10.1. The van der Waals surface area contributed by atoms with E-state index >= 15 is 0 Å². The molecule has 188 valence electrons. The van der Waals surface area contributed by atoms with Crippen LogP contribution in [0.1, 0.15) is 75.8 Å². The quantitative estimate of drug-likeness (QED) is 0.219. The highest BCUT2D eigenvalue weighted by molar-refractivity contribution is 5.88. The summed E-state index contributed by atoms with van der Waals surface area (Å²) in [6.45, 7) is 2.25. The first-order valence-corrected chi connectivity index (χ1v) is 12.8. The first kappa shape index (κ1) is 25.7. The number of unbranched alkanes of at least 4 members (excludes halogenated alkanes) is 2. The van der Waals surface area contributed by atoms with Gasteiger partial charge in [0.1, 0.15) is 17.2 Å². The first-order chi connectivity index (χ1) is 16.8. The van der Waals surface area contributed by atoms with Crippen molar-refractivity contribution in [2.75, 3.05) is 0 Å². The number of rotatable bonds is 8. The van der Waals surface area contributed by atoms with Crippen molar-refractivity contribution in [1.82, 2.24) is 0 Å². The van der Waals surface area contributed by atoms with Crippen LogP contribution in [0.25, 0.3) is 21.9 Å². The Labute approximate surface area is 204 Å². The molecular formula is C30H33F5. The summed E-state index contributed by atoms with van der Waals surface area (Å²) in [6, 6.07) is 13.3. The summed E-state index contributed by atoms with van der Waals surface area (Å²) in [5.41, 5.74) is 0.992. The third-order valence-electron chi connectivity index (χ3n) is 7.62. The van der Waals surface area contributed by atoms with Crippen molar-refractivity contribution < 1.29 is 22.0 Å². The number of benzene rings is 3. The lowest BCUT2D eigenvalue weighted by molar-refractivity contribution is -0.142. The fourth-order valence-electron chi connectivity index (χ4n) is 5.50. The van der Waals surface area contributed by atoms with Crippen LogP contribution in [0, 0.1) is 23.5 Å². The van der Waals surface area contributed by atoms with Gasteiger partial charge in [-0.05, 0) is 58.9 Å². The van der Waals surface area contributed by atoms with Crippen molar-refractivity contribution in [3.05, 3.63) is 71.3 Å². The summed E-state index contributed by atoms with van der Waals surface area (Å²) in [7, 11) is 0. The smallest absolute Gasteiger partial charge is 0.206 e. The molecule has 1 aliphatic carbocycles. The molecule has 0 aliphatic heterocycles. The van der Waals surface area contributed by atoms with Gasteiger partial charge in [0, 0.05) is 5.39 Å². The summed E-state index contributed by atoms with van der Waals surface area (Å²) in [5.74, 6) is -1.45. The average Bonchev–Trinajstić information content (AvgIpc) is 2.83. The van der Waals surface area contributed by atoms with Crippen LogP contribution < -0.4 is 0 Å². The van der Waals surface area contributed by atoms with Gasteiger partial charge in [0.05, 0.1) is 0 Å². The predicted octanol–water partition coefficient (Wildman–Crippen LogP) is 10.1. The van der Waals surface area contributed by atoms with Crippen LogP contribution in [-0.2, 0) is 12.6 Å². The van der Waals surface area contributed by atoms with Crippen LogP contribution in [0.5, 0.6) is 0 Å². The number of hydrogen-bond donors (Lipinski definition) is 0. The van der Waals surface area contributed by atoms with Crippen molar-refractivity contribution in [3.8, 4) is 11.1 Å². The maximum Gasteiger partial charge on any atom is 0.422 e. The minimum atomic E-state index is -5.08. The Morgan fingerprint density at radius 1 is 0.771 bits per heavy atom. The second kappa shape index (κ2) is 11.1. The molecule has 35 heavy (non-hydrogen) atoms. The highest BCUT2D eigenvalue weighted by Crippen LogP contribution is 2.38. The Balaban J connectivity index is 1.38. The molecule has 5 heteroatoms. The maximum atomic E-state index is 14.4. The average molecular weight is 489 g/mol. The van der Waals surface area contributed by atoms with E-state index in [0.717, 1.165) is 29.9 Å². The van der Waals surface area contributed by atoms with Gasteiger partial charge < -0.3 is 0 Å². The van der Waals surface area contributed by atoms with E-state index in [4.69, 9.17) is 0 Å². The van der Waals surface area contributed by atoms with Crippen molar-refractivity contribution in [2.24, 2.45) is 11.8 Å². The summed E-state index contributed by atoms with van der Waals surface area (Å²) < 4.78 is 67.4. The molecule has 0 spiro atoms. The van der Waals surface area contributed by atoms with Crippen LogP contribution in [0.15, 0.2) is 48.5 Å². The Morgan fingerprint density at radius 3 is 2.03 bits per heavy atom. The van der Waals surface area contributed by atoms with Gasteiger partial charge in [-0.15, -0.1) is 0 Å². The second-order valence-corrected chi connectivity index (χ2v) is 10.1. The fraction of sp³-hybridized carbons (Fsp3) is 0.467. The monoisotopic (exact) mass is 488 g/mol. The van der Waals surface area contributed by atoms with Crippen LogP contribution in [0.2, 0.25) is 0 Å². The van der Waals surface area contributed by atoms with Gasteiger partial charge >= 0.3 is 6.18 Å². The number of alkyl halides is 3. The van der Waals surface area contributed by atoms with E-state index in [-0.39, 0.29) is 10.8 Å². The highest BCUT2D eigenvalue weighted by Gasteiger charge is 2.38. The van der Waals surface area contributed by atoms with Gasteiger partial charge in [-0.2, -0.15) is 13.2 Å². The molecule has 0 bridgehead atoms. The molecule has 3 aromatic carbocycles. The highest BCUT2D eigenvalue weighted by atomic mass is 19.4. The van der Waals surface area contributed by atoms with E-state index in [1.54, 1.807) is 6.07 Å². The Bertz CT molecular complexity index is 1120. The van der Waals surface area contributed by atoms with Crippen molar-refractivity contribution in [1.29, 1.82) is 0 Å². The first-order valence-electron chi connectivity index (χ1n) is 12.8. The van der Waals surface area contributed by atoms with Gasteiger partial charge in [-0.3, -0.25) is 0 Å². The molecule has 1 aliphatic rings. The molecule has 1 fully saturated rings. The molecule has 0 aromatic heterocycles. The normalized spacial score (nSPS) is 18.8. The molecule has 0 nitrogen and oxygen atoms in total. The zero-order chi connectivity index (χ0) is 25.0. The fourth-order valence-corrected chi connectivity index (χ4v) is 5.50. The summed E-state index contributed by atoms with van der Waals surface area (Å²) in [4.78, 5) is 0. The molecule has 0 saturated heterocycles. The summed E-state index contributed by atoms with van der Waals surface area (Å²) in [5, 5.41) is -0.126. The van der Waals surface area contributed by atoms with Crippen molar-refractivity contribution in [2.45, 2.75) is 77.3 Å². The van der Waals surface area contributed by atoms with Crippen molar-refractivity contribution >= 4 is 10.8 Å². The molecule has 0 N–H and O–H groups in total. The van der Waals surface area contributed by atoms with E-state index in [1.165, 1.54) is 75.5 Å². The zero-order valence-electron chi connectivity index (χ0n) is 20.2. The molecule has 1 saturated carbocycles. The van der Waals surface area contributed by atoms with E-state index in [9.17, 15) is 22.0 Å². The van der Waals surface area contributed by atoms with E-state index in [2.05, 4.69) is 19.1 Å². The maximum absolute atomic E-state index is 14.4. The zero-order valence-corrected chi connectivity index (χ0v) is 20.2. The summed E-state index contributed by atoms with van der Waals surface area (Å²) >= 11 is 0. The Kier molecular flexibility index (Phi) is 8.13. The van der Waals surface area contributed by atoms with Crippen LogP contribution >= 0.6 is 0 Å². The van der Waals surface area contributed by atoms with E-state index in [1.807, 2.05) is 12.1 Å². The molecular weight excluding hydrogens is 455 g/mol. The molecule has 0 radical (unpaired) electrons. The standard InChI is InChI=1S/C30H33F5/c1-2-3-4-5-20-6-8-21(9-7-20)10-11-22-12-14-23(15-13-22)24-16-17-26-25(18-24)19-27(31)28(29(26)32)30(33,34)35/h12-21H,2-11H2,1H3. The molecule has 3 aromatic rings. The minimum Gasteiger partial charge on any atom is -0.206 e. The minimum absolute atomic E-state index is 0.111. The van der Waals surface area contributed by atoms with Crippen LogP contribution in [0.3, 0.4) is 0 Å². The lowest BCUT2D eigenvalue weighted by Gasteiger charge is -2.28. The van der Waals surface area contributed by atoms with Crippen LogP contribution in [-0.4, -0.2) is 0 Å². The van der Waals surface area contributed by atoms with Gasteiger partial charge in [0.15, 0.2) is 0 Å². The topological polar surface area (TPSA) is 0 Å². The van der Waals surface area contributed by atoms with Gasteiger partial charge in [0.25, 0.3) is 0 Å². The van der Waals surface area contributed by atoms with E-state index < -0.39 is 23.4 Å². The molecule has 0 heterocycles. The van der Waals surface area contributed by atoms with Crippen molar-refractivity contribution in [3.63, 3.8) is 0 Å². The molecule has 0 atom stereocenters. The number of aryl methyl sites for hydroxylation is 1. The molecule has 0 unspecified atom stereocenters. The van der Waals surface area contributed by atoms with E-state index in [0.29, 0.717) is 5.56 Å². The third kappa shape index (κ3) is 6.23. The molecule has 0 amide bonds. The van der Waals surface area contributed by atoms with Gasteiger partial charge in [0.2, 0.25) is 0 Å². The van der Waals surface area contributed by atoms with Crippen LogP contribution in [0.4, 0.5) is 22.0 Å². The largest absolute Gasteiger partial charge is 0.422 e. The predicted molar refractivity (Wildman–Crippen MR) is 132 cm³/mol. The summed E-state index contributed by atoms with van der Waals surface area (Å²) in [6.07, 6.45) is 7.91. The lowest BCUT2D eigenvalue weighted by Crippen LogP contribution is -2.15. The Morgan fingerprint density at radius 2 is 1.40 bits per heavy atom. The molecule has 4 rings (SSSR count). The Hall–Kier alpha value is -2.43. The van der Waals surface area contributed by atoms with Gasteiger partial charge in [-0.1, -0.05) is 94.7 Å². The van der Waals surface area contributed by atoms with Gasteiger partial charge in [-0.25, -0.2) is 8.78 Å². The number of halogens is 5. The third-order valence-corrected chi connectivity index (χ3v) is 7.62. The SMILES string of the molecule is CCCCCC1CCC(CCc2ccc(-c3ccc4c(F)c(C(F)(F)F)c(F)cc4c3)cc2)CC1. The lowest BCUT2D eigenvalue weighted by atomic mass is 9.78. The number of fused-ring (bicyclic) bond motifs is 1.